The quantitative estimate of drug-likeness (QED) is 0.546. The van der Waals surface area contributed by atoms with Gasteiger partial charge in [-0.1, -0.05) is 36.8 Å². The normalized spacial score (nSPS) is 21.6. The molecule has 0 saturated heterocycles. The molecule has 1 aromatic carbocycles. The van der Waals surface area contributed by atoms with Gasteiger partial charge in [-0.2, -0.15) is 0 Å². The van der Waals surface area contributed by atoms with Crippen LogP contribution in [0.4, 0.5) is 0 Å². The molecule has 0 radical (unpaired) electrons. The second-order valence-corrected chi connectivity index (χ2v) is 6.17. The van der Waals surface area contributed by atoms with E-state index in [0.717, 1.165) is 32.1 Å². The van der Waals surface area contributed by atoms with Crippen LogP contribution in [0.25, 0.3) is 0 Å². The number of rotatable bonds is 8. The molecule has 126 valence electrons. The lowest BCUT2D eigenvalue weighted by Gasteiger charge is -2.28. The van der Waals surface area contributed by atoms with Gasteiger partial charge >= 0.3 is 0 Å². The van der Waals surface area contributed by atoms with Gasteiger partial charge in [-0.15, -0.1) is 0 Å². The third kappa shape index (κ3) is 4.72. The van der Waals surface area contributed by atoms with E-state index in [1.54, 1.807) is 0 Å². The summed E-state index contributed by atoms with van der Waals surface area (Å²) < 4.78 is 10.0. The van der Waals surface area contributed by atoms with Crippen LogP contribution in [0.15, 0.2) is 30.3 Å². The van der Waals surface area contributed by atoms with Crippen LogP contribution in [0.3, 0.4) is 0 Å². The zero-order valence-corrected chi connectivity index (χ0v) is 14.0. The maximum atomic E-state index is 12.6. The van der Waals surface area contributed by atoms with Crippen molar-refractivity contribution in [2.24, 2.45) is 11.8 Å². The van der Waals surface area contributed by atoms with E-state index in [2.05, 4.69) is 12.1 Å². The number of ether oxygens (including phenoxy) is 2. The number of ketones is 2. The predicted octanol–water partition coefficient (Wildman–Crippen LogP) is 3.18. The van der Waals surface area contributed by atoms with Gasteiger partial charge in [0.15, 0.2) is 5.78 Å². The summed E-state index contributed by atoms with van der Waals surface area (Å²) in [5.74, 6) is -0.715. The highest BCUT2D eigenvalue weighted by molar-refractivity contribution is 6.05. The van der Waals surface area contributed by atoms with Crippen LogP contribution in [0.1, 0.15) is 37.7 Å². The molecule has 4 heteroatoms. The maximum Gasteiger partial charge on any atom is 0.218 e. The first-order valence-electron chi connectivity index (χ1n) is 8.34. The van der Waals surface area contributed by atoms with E-state index in [4.69, 9.17) is 9.47 Å². The van der Waals surface area contributed by atoms with E-state index in [0.29, 0.717) is 6.42 Å². The van der Waals surface area contributed by atoms with Gasteiger partial charge in [-0.3, -0.25) is 9.59 Å². The monoisotopic (exact) mass is 318 g/mol. The number of benzene rings is 1. The van der Waals surface area contributed by atoms with E-state index in [-0.39, 0.29) is 17.5 Å². The first-order valence-corrected chi connectivity index (χ1v) is 8.34. The summed E-state index contributed by atoms with van der Waals surface area (Å²) in [4.78, 5) is 25.0. The molecule has 0 aliphatic heterocycles. The van der Waals surface area contributed by atoms with Crippen molar-refractivity contribution in [3.63, 3.8) is 0 Å². The summed E-state index contributed by atoms with van der Waals surface area (Å²) in [6.07, 6.45) is 4.30. The zero-order valence-electron chi connectivity index (χ0n) is 14.0. The Morgan fingerprint density at radius 2 is 1.87 bits per heavy atom. The van der Waals surface area contributed by atoms with Crippen LogP contribution < -0.4 is 0 Å². The molecule has 0 spiro atoms. The standard InChI is InChI=1S/C19H26O4/c1-22-19(23-2)18(21)16-13-7-12-15(17(16)20)11-6-10-14-8-4-3-5-9-14/h3-5,8-9,15-16,19H,6-7,10-13H2,1-2H3/t15-,16-/m1/s1. The van der Waals surface area contributed by atoms with Crippen LogP contribution in [0.2, 0.25) is 0 Å². The molecule has 2 atom stereocenters. The molecule has 1 saturated carbocycles. The van der Waals surface area contributed by atoms with Crippen molar-refractivity contribution in [2.45, 2.75) is 44.8 Å². The van der Waals surface area contributed by atoms with Crippen LogP contribution >= 0.6 is 0 Å². The summed E-state index contributed by atoms with van der Waals surface area (Å²) >= 11 is 0. The lowest BCUT2D eigenvalue weighted by molar-refractivity contribution is -0.164. The second kappa shape index (κ2) is 8.94. The smallest absolute Gasteiger partial charge is 0.218 e. The molecule has 0 unspecified atom stereocenters. The van der Waals surface area contributed by atoms with Crippen LogP contribution in [0.5, 0.6) is 0 Å². The molecule has 1 aliphatic carbocycles. The fraction of sp³-hybridized carbons (Fsp3) is 0.579. The van der Waals surface area contributed by atoms with Crippen LogP contribution in [0, 0.1) is 11.8 Å². The summed E-state index contributed by atoms with van der Waals surface area (Å²) in [6, 6.07) is 10.3. The lowest BCUT2D eigenvalue weighted by Crippen LogP contribution is -2.40. The van der Waals surface area contributed by atoms with Crippen molar-refractivity contribution in [3.8, 4) is 0 Å². The number of hydrogen-bond donors (Lipinski definition) is 0. The van der Waals surface area contributed by atoms with Crippen molar-refractivity contribution < 1.29 is 19.1 Å². The Labute approximate surface area is 138 Å². The molecule has 1 fully saturated rings. The summed E-state index contributed by atoms with van der Waals surface area (Å²) in [6.45, 7) is 0. The number of carbonyl (C=O) groups excluding carboxylic acids is 2. The summed E-state index contributed by atoms with van der Waals surface area (Å²) in [7, 11) is 2.85. The van der Waals surface area contributed by atoms with E-state index in [1.165, 1.54) is 19.8 Å². The van der Waals surface area contributed by atoms with Gasteiger partial charge in [-0.05, 0) is 37.7 Å². The second-order valence-electron chi connectivity index (χ2n) is 6.17. The number of carbonyl (C=O) groups is 2. The van der Waals surface area contributed by atoms with Gasteiger partial charge in [0.2, 0.25) is 6.29 Å². The third-order valence-corrected chi connectivity index (χ3v) is 4.66. The Balaban J connectivity index is 1.88. The Morgan fingerprint density at radius 1 is 1.17 bits per heavy atom. The SMILES string of the molecule is COC(OC)C(=O)[C@@H]1CCC[C@@H](CCCc2ccccc2)C1=O. The molecule has 1 aliphatic rings. The van der Waals surface area contributed by atoms with E-state index in [9.17, 15) is 9.59 Å². The topological polar surface area (TPSA) is 52.6 Å². The molecule has 0 aromatic heterocycles. The molecular weight excluding hydrogens is 292 g/mol. The van der Waals surface area contributed by atoms with E-state index in [1.807, 2.05) is 18.2 Å². The van der Waals surface area contributed by atoms with Crippen molar-refractivity contribution in [3.05, 3.63) is 35.9 Å². The highest BCUT2D eigenvalue weighted by Gasteiger charge is 2.38. The average molecular weight is 318 g/mol. The molecule has 4 nitrogen and oxygen atoms in total. The highest BCUT2D eigenvalue weighted by Crippen LogP contribution is 2.30. The lowest BCUT2D eigenvalue weighted by atomic mass is 9.76. The van der Waals surface area contributed by atoms with Crippen molar-refractivity contribution >= 4 is 11.6 Å². The fourth-order valence-corrected chi connectivity index (χ4v) is 3.40. The molecule has 0 bridgehead atoms. The molecule has 0 N–H and O–H groups in total. The highest BCUT2D eigenvalue weighted by atomic mass is 16.7. The molecular formula is C19H26O4. The van der Waals surface area contributed by atoms with Gasteiger partial charge in [-0.25, -0.2) is 0 Å². The van der Waals surface area contributed by atoms with Gasteiger partial charge < -0.3 is 9.47 Å². The Hall–Kier alpha value is -1.52. The Kier molecular flexibility index (Phi) is 6.93. The number of hydrogen-bond acceptors (Lipinski definition) is 4. The molecule has 23 heavy (non-hydrogen) atoms. The largest absolute Gasteiger partial charge is 0.349 e. The van der Waals surface area contributed by atoms with Crippen LogP contribution in [-0.2, 0) is 25.5 Å². The molecule has 1 aromatic rings. The first kappa shape index (κ1) is 17.8. The Morgan fingerprint density at radius 3 is 2.52 bits per heavy atom. The van der Waals surface area contributed by atoms with E-state index >= 15 is 0 Å². The van der Waals surface area contributed by atoms with E-state index < -0.39 is 12.2 Å². The molecule has 0 heterocycles. The van der Waals surface area contributed by atoms with Crippen molar-refractivity contribution in [1.29, 1.82) is 0 Å². The minimum Gasteiger partial charge on any atom is -0.349 e. The predicted molar refractivity (Wildman–Crippen MR) is 88.0 cm³/mol. The molecule has 0 amide bonds. The van der Waals surface area contributed by atoms with Crippen molar-refractivity contribution in [2.75, 3.05) is 14.2 Å². The van der Waals surface area contributed by atoms with Gasteiger partial charge in [0, 0.05) is 20.1 Å². The minimum atomic E-state index is -0.924. The van der Waals surface area contributed by atoms with Gasteiger partial charge in [0.05, 0.1) is 5.92 Å². The fourth-order valence-electron chi connectivity index (χ4n) is 3.40. The average Bonchev–Trinajstić information content (AvgIpc) is 2.58. The zero-order chi connectivity index (χ0) is 16.7. The Bertz CT molecular complexity index is 507. The van der Waals surface area contributed by atoms with Gasteiger partial charge in [0.1, 0.15) is 5.78 Å². The summed E-state index contributed by atoms with van der Waals surface area (Å²) in [5.41, 5.74) is 1.29. The van der Waals surface area contributed by atoms with Crippen molar-refractivity contribution in [1.82, 2.24) is 0 Å². The van der Waals surface area contributed by atoms with Gasteiger partial charge in [0.25, 0.3) is 0 Å². The number of aryl methyl sites for hydroxylation is 1. The number of Topliss-reactive ketones (excluding diaryl/α,β-unsaturated/α-hetero) is 2. The maximum absolute atomic E-state index is 12.6. The minimum absolute atomic E-state index is 0.00391. The van der Waals surface area contributed by atoms with Crippen LogP contribution in [-0.4, -0.2) is 32.1 Å². The first-order chi connectivity index (χ1) is 11.2. The number of methoxy groups -OCH3 is 2. The third-order valence-electron chi connectivity index (χ3n) is 4.66. The summed E-state index contributed by atoms with van der Waals surface area (Å²) in [5, 5.41) is 0. The molecule has 2 rings (SSSR count).